The minimum absolute atomic E-state index is 0.0408. The summed E-state index contributed by atoms with van der Waals surface area (Å²) in [7, 11) is 2.09. The minimum Gasteiger partial charge on any atom is -0.371 e. The Balaban J connectivity index is 1.44. The van der Waals surface area contributed by atoms with Gasteiger partial charge in [0.05, 0.1) is 18.9 Å². The average molecular weight is 356 g/mol. The molecule has 0 bridgehead atoms. The maximum Gasteiger partial charge on any atom is 0.237 e. The maximum absolute atomic E-state index is 12.7. The molecule has 5 heteroatoms. The van der Waals surface area contributed by atoms with Crippen LogP contribution in [0, 0.1) is 11.8 Å². The fourth-order valence-corrected chi connectivity index (χ4v) is 4.96. The summed E-state index contributed by atoms with van der Waals surface area (Å²) in [5, 5.41) is 0. The van der Waals surface area contributed by atoms with E-state index in [-0.39, 0.29) is 23.7 Å². The number of imide groups is 1. The van der Waals surface area contributed by atoms with E-state index in [2.05, 4.69) is 36.2 Å². The van der Waals surface area contributed by atoms with Gasteiger partial charge in [0, 0.05) is 24.3 Å². The molecule has 3 fully saturated rings. The molecule has 2 saturated heterocycles. The Morgan fingerprint density at radius 2 is 1.58 bits per heavy atom. The lowest BCUT2D eigenvalue weighted by Gasteiger charge is -2.24. The zero-order valence-corrected chi connectivity index (χ0v) is 15.7. The number of carbonyl (C=O) groups is 2. The van der Waals surface area contributed by atoms with Gasteiger partial charge >= 0.3 is 0 Å². The molecule has 0 radical (unpaired) electrons. The molecule has 3 aliphatic rings. The molecule has 1 saturated carbocycles. The van der Waals surface area contributed by atoms with Gasteiger partial charge in [-0.15, -0.1) is 0 Å². The quantitative estimate of drug-likeness (QED) is 0.812. The van der Waals surface area contributed by atoms with Crippen molar-refractivity contribution in [3.63, 3.8) is 0 Å². The van der Waals surface area contributed by atoms with Crippen LogP contribution in [0.4, 0.5) is 5.69 Å². The minimum atomic E-state index is -0.0408. The third kappa shape index (κ3) is 3.25. The number of benzene rings is 1. The molecule has 140 valence electrons. The Morgan fingerprint density at radius 3 is 2.23 bits per heavy atom. The van der Waals surface area contributed by atoms with E-state index >= 15 is 0 Å². The number of amides is 2. The standard InChI is InChI=1S/C21H29N3O2/c1-22(14-16-8-2-5-11-19(16)23-12-6-7-13-23)15-24-20(25)17-9-3-4-10-18(17)21(24)26/h2,5,8,11,17-18H,3-4,6-7,9-10,12-15H2,1H3/p+1/t17-,18+. The molecule has 4 rings (SSSR count). The van der Waals surface area contributed by atoms with Crippen molar-refractivity contribution in [2.75, 3.05) is 31.7 Å². The Kier molecular flexibility index (Phi) is 4.98. The van der Waals surface area contributed by atoms with Gasteiger partial charge in [-0.1, -0.05) is 31.0 Å². The number of carbonyl (C=O) groups excluding carboxylic acids is 2. The van der Waals surface area contributed by atoms with Gasteiger partial charge in [0.25, 0.3) is 0 Å². The third-order valence-electron chi connectivity index (χ3n) is 6.29. The van der Waals surface area contributed by atoms with Crippen molar-refractivity contribution in [3.8, 4) is 0 Å². The number of fused-ring (bicyclic) bond motifs is 1. The van der Waals surface area contributed by atoms with Crippen molar-refractivity contribution in [2.24, 2.45) is 11.8 Å². The molecule has 1 N–H and O–H groups in total. The number of likely N-dealkylation sites (tertiary alicyclic amines) is 1. The first-order valence-corrected chi connectivity index (χ1v) is 10.1. The Morgan fingerprint density at radius 1 is 0.962 bits per heavy atom. The van der Waals surface area contributed by atoms with E-state index in [9.17, 15) is 9.59 Å². The largest absolute Gasteiger partial charge is 0.371 e. The van der Waals surface area contributed by atoms with Crippen molar-refractivity contribution in [2.45, 2.75) is 45.1 Å². The number of hydrogen-bond donors (Lipinski definition) is 1. The predicted molar refractivity (Wildman–Crippen MR) is 101 cm³/mol. The molecule has 1 unspecified atom stereocenters. The summed E-state index contributed by atoms with van der Waals surface area (Å²) in [6.07, 6.45) is 6.47. The molecule has 2 heterocycles. The first kappa shape index (κ1) is 17.5. The first-order valence-electron chi connectivity index (χ1n) is 10.1. The summed E-state index contributed by atoms with van der Waals surface area (Å²) in [4.78, 5) is 30.6. The van der Waals surface area contributed by atoms with Gasteiger partial charge in [0.1, 0.15) is 6.54 Å². The number of anilines is 1. The molecule has 0 spiro atoms. The fourth-order valence-electron chi connectivity index (χ4n) is 4.96. The van der Waals surface area contributed by atoms with Crippen molar-refractivity contribution in [1.29, 1.82) is 0 Å². The summed E-state index contributed by atoms with van der Waals surface area (Å²) in [6.45, 7) is 3.57. The van der Waals surface area contributed by atoms with Crippen molar-refractivity contribution < 1.29 is 14.5 Å². The monoisotopic (exact) mass is 356 g/mol. The van der Waals surface area contributed by atoms with Crippen LogP contribution in [0.15, 0.2) is 24.3 Å². The van der Waals surface area contributed by atoms with Gasteiger partial charge in [-0.3, -0.25) is 9.59 Å². The zero-order valence-electron chi connectivity index (χ0n) is 15.7. The van der Waals surface area contributed by atoms with Gasteiger partial charge in [0.2, 0.25) is 11.8 Å². The number of quaternary nitrogens is 1. The number of hydrogen-bond acceptors (Lipinski definition) is 3. The average Bonchev–Trinajstić information content (AvgIpc) is 3.26. The third-order valence-corrected chi connectivity index (χ3v) is 6.29. The molecular weight excluding hydrogens is 326 g/mol. The van der Waals surface area contributed by atoms with Crippen LogP contribution in [0.1, 0.15) is 44.1 Å². The maximum atomic E-state index is 12.7. The molecule has 2 aliphatic heterocycles. The molecule has 1 aliphatic carbocycles. The normalized spacial score (nSPS) is 27.1. The van der Waals surface area contributed by atoms with E-state index in [0.717, 1.165) is 45.3 Å². The van der Waals surface area contributed by atoms with Gasteiger partial charge in [-0.05, 0) is 31.7 Å². The molecule has 1 aromatic rings. The van der Waals surface area contributed by atoms with Crippen molar-refractivity contribution >= 4 is 17.5 Å². The second-order valence-electron chi connectivity index (χ2n) is 8.22. The molecule has 26 heavy (non-hydrogen) atoms. The molecule has 5 nitrogen and oxygen atoms in total. The highest BCUT2D eigenvalue weighted by molar-refractivity contribution is 6.05. The van der Waals surface area contributed by atoms with Crippen LogP contribution in [0.5, 0.6) is 0 Å². The van der Waals surface area contributed by atoms with Crippen LogP contribution in [0.25, 0.3) is 0 Å². The second kappa shape index (κ2) is 7.39. The van der Waals surface area contributed by atoms with Crippen LogP contribution in [0.2, 0.25) is 0 Å². The van der Waals surface area contributed by atoms with Crippen LogP contribution in [-0.2, 0) is 16.1 Å². The van der Waals surface area contributed by atoms with E-state index in [4.69, 9.17) is 0 Å². The number of nitrogens with zero attached hydrogens (tertiary/aromatic N) is 2. The highest BCUT2D eigenvalue weighted by Crippen LogP contribution is 2.37. The predicted octanol–water partition coefficient (Wildman–Crippen LogP) is 1.43. The van der Waals surface area contributed by atoms with Gasteiger partial charge < -0.3 is 9.80 Å². The molecule has 0 aromatic heterocycles. The summed E-state index contributed by atoms with van der Waals surface area (Å²) >= 11 is 0. The summed E-state index contributed by atoms with van der Waals surface area (Å²) in [5.74, 6) is 0.0700. The molecule has 3 atom stereocenters. The Labute approximate surface area is 155 Å². The highest BCUT2D eigenvalue weighted by atomic mass is 16.2. The summed E-state index contributed by atoms with van der Waals surface area (Å²) in [5.41, 5.74) is 2.63. The van der Waals surface area contributed by atoms with E-state index in [1.807, 2.05) is 0 Å². The summed E-state index contributed by atoms with van der Waals surface area (Å²) < 4.78 is 0. The van der Waals surface area contributed by atoms with E-state index in [1.54, 1.807) is 4.90 Å². The zero-order chi connectivity index (χ0) is 18.1. The lowest BCUT2D eigenvalue weighted by Crippen LogP contribution is -3.09. The fraction of sp³-hybridized carbons (Fsp3) is 0.619. The Hall–Kier alpha value is -1.88. The van der Waals surface area contributed by atoms with Crippen LogP contribution >= 0.6 is 0 Å². The van der Waals surface area contributed by atoms with Crippen molar-refractivity contribution in [3.05, 3.63) is 29.8 Å². The number of para-hydroxylation sites is 1. The number of nitrogens with one attached hydrogen (secondary N) is 1. The Bertz CT molecular complexity index is 660. The van der Waals surface area contributed by atoms with Crippen molar-refractivity contribution in [1.82, 2.24) is 4.90 Å². The number of rotatable bonds is 5. The van der Waals surface area contributed by atoms with Gasteiger partial charge in [0.15, 0.2) is 6.67 Å². The lowest BCUT2D eigenvalue weighted by atomic mass is 9.81. The lowest BCUT2D eigenvalue weighted by molar-refractivity contribution is -0.901. The van der Waals surface area contributed by atoms with Gasteiger partial charge in [-0.25, -0.2) is 4.90 Å². The summed E-state index contributed by atoms with van der Waals surface area (Å²) in [6, 6.07) is 8.58. The first-order chi connectivity index (χ1) is 12.6. The van der Waals surface area contributed by atoms with Crippen LogP contribution in [0.3, 0.4) is 0 Å². The highest BCUT2D eigenvalue weighted by Gasteiger charge is 2.49. The SMILES string of the molecule is C[NH+](Cc1ccccc1N1CCCC1)CN1C(=O)[C@H]2CCCC[C@H]2C1=O. The van der Waals surface area contributed by atoms with Gasteiger partial charge in [-0.2, -0.15) is 0 Å². The van der Waals surface area contributed by atoms with E-state index in [0.29, 0.717) is 6.67 Å². The molecule has 2 amide bonds. The smallest absolute Gasteiger partial charge is 0.237 e. The van der Waals surface area contributed by atoms with Crippen LogP contribution < -0.4 is 9.80 Å². The topological polar surface area (TPSA) is 45.1 Å². The molecular formula is C21H30N3O2+. The van der Waals surface area contributed by atoms with E-state index < -0.39 is 0 Å². The van der Waals surface area contributed by atoms with Crippen LogP contribution in [-0.4, -0.2) is 43.5 Å². The molecule has 1 aromatic carbocycles. The van der Waals surface area contributed by atoms with E-state index in [1.165, 1.54) is 29.0 Å². The second-order valence-corrected chi connectivity index (χ2v) is 8.22.